The number of methoxy groups -OCH3 is 1. The van der Waals surface area contributed by atoms with Gasteiger partial charge in [-0.05, 0) is 17.7 Å². The molecule has 1 amide bonds. The molecule has 1 aromatic rings. The van der Waals surface area contributed by atoms with Crippen LogP contribution in [0, 0.1) is 0 Å². The van der Waals surface area contributed by atoms with E-state index in [0.29, 0.717) is 19.6 Å². The van der Waals surface area contributed by atoms with Gasteiger partial charge in [0.2, 0.25) is 6.41 Å². The normalized spacial score (nSPS) is 10.4. The molecule has 18 heavy (non-hydrogen) atoms. The number of nitrogens with two attached hydrogens (primary N) is 1. The lowest BCUT2D eigenvalue weighted by Crippen LogP contribution is -2.38. The number of carbonyl (C=O) groups is 1. The van der Waals surface area contributed by atoms with Crippen molar-refractivity contribution in [3.05, 3.63) is 29.8 Å². The van der Waals surface area contributed by atoms with Crippen LogP contribution in [0.15, 0.2) is 24.3 Å². The molecule has 0 aliphatic rings. The van der Waals surface area contributed by atoms with Gasteiger partial charge in [-0.2, -0.15) is 0 Å². The number of carbonyl (C=O) groups excluding carboxylic acids is 1. The maximum atomic E-state index is 11.0. The Bertz CT molecular complexity index is 371. The van der Waals surface area contributed by atoms with Crippen molar-refractivity contribution in [3.8, 4) is 5.75 Å². The Morgan fingerprint density at radius 2 is 2.17 bits per heavy atom. The van der Waals surface area contributed by atoms with Gasteiger partial charge in [0.25, 0.3) is 0 Å². The standard InChI is InChI=1S/C13H21N3O2/c1-3-16(14)8-7-15(11-17)10-12-5-4-6-13(9-12)18-2/h4-6,9,11H,3,7-8,10,14H2,1-2H3. The van der Waals surface area contributed by atoms with Gasteiger partial charge in [-0.1, -0.05) is 19.1 Å². The van der Waals surface area contributed by atoms with Gasteiger partial charge in [-0.3, -0.25) is 10.6 Å². The van der Waals surface area contributed by atoms with Crippen molar-refractivity contribution in [2.45, 2.75) is 13.5 Å². The molecule has 1 aromatic carbocycles. The smallest absolute Gasteiger partial charge is 0.210 e. The Balaban J connectivity index is 2.53. The van der Waals surface area contributed by atoms with Crippen molar-refractivity contribution < 1.29 is 9.53 Å². The van der Waals surface area contributed by atoms with Crippen molar-refractivity contribution in [3.63, 3.8) is 0 Å². The molecular formula is C13H21N3O2. The fraction of sp³-hybridized carbons (Fsp3) is 0.462. The van der Waals surface area contributed by atoms with Gasteiger partial charge in [0, 0.05) is 26.2 Å². The van der Waals surface area contributed by atoms with E-state index in [4.69, 9.17) is 10.6 Å². The second kappa shape index (κ2) is 7.68. The molecule has 5 nitrogen and oxygen atoms in total. The van der Waals surface area contributed by atoms with E-state index in [0.717, 1.165) is 24.3 Å². The molecule has 0 bridgehead atoms. The average molecular weight is 251 g/mol. The first-order valence-corrected chi connectivity index (χ1v) is 6.01. The van der Waals surface area contributed by atoms with Crippen LogP contribution in [0.1, 0.15) is 12.5 Å². The molecule has 0 unspecified atom stereocenters. The fourth-order valence-corrected chi connectivity index (χ4v) is 1.59. The van der Waals surface area contributed by atoms with Crippen LogP contribution in [-0.2, 0) is 11.3 Å². The molecule has 0 fully saturated rings. The van der Waals surface area contributed by atoms with Crippen LogP contribution < -0.4 is 10.6 Å². The predicted molar refractivity (Wildman–Crippen MR) is 70.9 cm³/mol. The van der Waals surface area contributed by atoms with Crippen LogP contribution >= 0.6 is 0 Å². The summed E-state index contributed by atoms with van der Waals surface area (Å²) >= 11 is 0. The molecule has 2 N–H and O–H groups in total. The zero-order valence-corrected chi connectivity index (χ0v) is 11.0. The highest BCUT2D eigenvalue weighted by Crippen LogP contribution is 2.13. The third-order valence-electron chi connectivity index (χ3n) is 2.75. The summed E-state index contributed by atoms with van der Waals surface area (Å²) in [5, 5.41) is 1.68. The lowest BCUT2D eigenvalue weighted by atomic mass is 10.2. The summed E-state index contributed by atoms with van der Waals surface area (Å²) in [7, 11) is 1.63. The fourth-order valence-electron chi connectivity index (χ4n) is 1.59. The highest BCUT2D eigenvalue weighted by molar-refractivity contribution is 5.47. The molecule has 100 valence electrons. The van der Waals surface area contributed by atoms with Crippen molar-refractivity contribution in [1.29, 1.82) is 0 Å². The number of hydrazine groups is 1. The topological polar surface area (TPSA) is 58.8 Å². The number of likely N-dealkylation sites (N-methyl/N-ethyl adjacent to an activating group) is 1. The zero-order chi connectivity index (χ0) is 13.4. The number of amides is 1. The molecule has 5 heteroatoms. The monoisotopic (exact) mass is 251 g/mol. The molecule has 0 saturated carbocycles. The summed E-state index contributed by atoms with van der Waals surface area (Å²) in [4.78, 5) is 12.7. The molecular weight excluding hydrogens is 230 g/mol. The first-order chi connectivity index (χ1) is 8.69. The third-order valence-corrected chi connectivity index (χ3v) is 2.75. The van der Waals surface area contributed by atoms with Gasteiger partial charge in [0.15, 0.2) is 0 Å². The van der Waals surface area contributed by atoms with Crippen molar-refractivity contribution in [2.75, 3.05) is 26.7 Å². The van der Waals surface area contributed by atoms with Crippen LogP contribution in [0.2, 0.25) is 0 Å². The number of nitrogens with zero attached hydrogens (tertiary/aromatic N) is 2. The minimum absolute atomic E-state index is 0.568. The lowest BCUT2D eigenvalue weighted by molar-refractivity contribution is -0.118. The molecule has 0 saturated heterocycles. The van der Waals surface area contributed by atoms with E-state index in [-0.39, 0.29) is 0 Å². The molecule has 0 heterocycles. The van der Waals surface area contributed by atoms with Gasteiger partial charge in [-0.25, -0.2) is 5.01 Å². The lowest BCUT2D eigenvalue weighted by Gasteiger charge is -2.21. The van der Waals surface area contributed by atoms with E-state index in [1.807, 2.05) is 31.2 Å². The maximum absolute atomic E-state index is 11.0. The summed E-state index contributed by atoms with van der Waals surface area (Å²) in [6.07, 6.45) is 0.850. The molecule has 0 aromatic heterocycles. The summed E-state index contributed by atoms with van der Waals surface area (Å²) in [5.74, 6) is 6.48. The number of benzene rings is 1. The molecule has 0 atom stereocenters. The molecule has 0 spiro atoms. The minimum Gasteiger partial charge on any atom is -0.497 e. The molecule has 0 aliphatic heterocycles. The third kappa shape index (κ3) is 4.73. The van der Waals surface area contributed by atoms with Crippen LogP contribution in [0.5, 0.6) is 5.75 Å². The van der Waals surface area contributed by atoms with Crippen molar-refractivity contribution in [1.82, 2.24) is 9.91 Å². The van der Waals surface area contributed by atoms with Gasteiger partial charge >= 0.3 is 0 Å². The second-order valence-electron chi connectivity index (χ2n) is 4.06. The van der Waals surface area contributed by atoms with Crippen LogP contribution in [0.4, 0.5) is 0 Å². The summed E-state index contributed by atoms with van der Waals surface area (Å²) in [5.41, 5.74) is 1.04. The maximum Gasteiger partial charge on any atom is 0.210 e. The minimum atomic E-state index is 0.568. The van der Waals surface area contributed by atoms with Crippen molar-refractivity contribution >= 4 is 6.41 Å². The SMILES string of the molecule is CCN(N)CCN(C=O)Cc1cccc(OC)c1. The van der Waals surface area contributed by atoms with Gasteiger partial charge in [0.05, 0.1) is 7.11 Å². The summed E-state index contributed by atoms with van der Waals surface area (Å²) in [6.45, 7) is 4.60. The average Bonchev–Trinajstić information content (AvgIpc) is 2.43. The Labute approximate surface area is 108 Å². The van der Waals surface area contributed by atoms with E-state index >= 15 is 0 Å². The van der Waals surface area contributed by atoms with E-state index in [2.05, 4.69) is 0 Å². The van der Waals surface area contributed by atoms with Gasteiger partial charge in [0.1, 0.15) is 5.75 Å². The molecule has 1 rings (SSSR count). The largest absolute Gasteiger partial charge is 0.497 e. The quantitative estimate of drug-likeness (QED) is 0.423. The number of rotatable bonds is 8. The molecule has 0 radical (unpaired) electrons. The van der Waals surface area contributed by atoms with Crippen LogP contribution in [-0.4, -0.2) is 43.1 Å². The zero-order valence-electron chi connectivity index (χ0n) is 11.0. The molecule has 0 aliphatic carbocycles. The predicted octanol–water partition coefficient (Wildman–Crippen LogP) is 0.849. The number of hydrogen-bond acceptors (Lipinski definition) is 4. The summed E-state index contributed by atoms with van der Waals surface area (Å²) in [6, 6.07) is 7.70. The Kier molecular flexibility index (Phi) is 6.18. The van der Waals surface area contributed by atoms with E-state index in [1.54, 1.807) is 17.0 Å². The van der Waals surface area contributed by atoms with Gasteiger partial charge < -0.3 is 9.64 Å². The first-order valence-electron chi connectivity index (χ1n) is 6.01. The van der Waals surface area contributed by atoms with Crippen LogP contribution in [0.25, 0.3) is 0 Å². The summed E-state index contributed by atoms with van der Waals surface area (Å²) < 4.78 is 5.15. The Morgan fingerprint density at radius 1 is 1.39 bits per heavy atom. The number of hydrogen-bond donors (Lipinski definition) is 1. The van der Waals surface area contributed by atoms with E-state index in [1.165, 1.54) is 0 Å². The van der Waals surface area contributed by atoms with E-state index in [9.17, 15) is 4.79 Å². The highest BCUT2D eigenvalue weighted by Gasteiger charge is 2.05. The van der Waals surface area contributed by atoms with Crippen LogP contribution in [0.3, 0.4) is 0 Å². The highest BCUT2D eigenvalue weighted by atomic mass is 16.5. The van der Waals surface area contributed by atoms with Crippen molar-refractivity contribution in [2.24, 2.45) is 5.84 Å². The number of ether oxygens (including phenoxy) is 1. The first kappa shape index (κ1) is 14.5. The Morgan fingerprint density at radius 3 is 2.78 bits per heavy atom. The van der Waals surface area contributed by atoms with Gasteiger partial charge in [-0.15, -0.1) is 0 Å². The Hall–Kier alpha value is -1.59. The second-order valence-corrected chi connectivity index (χ2v) is 4.06. The van der Waals surface area contributed by atoms with E-state index < -0.39 is 0 Å².